The highest BCUT2D eigenvalue weighted by molar-refractivity contribution is 9.10. The van der Waals surface area contributed by atoms with Crippen molar-refractivity contribution in [1.29, 1.82) is 0 Å². The number of carbonyl (C=O) groups is 1. The molecule has 28 heavy (non-hydrogen) atoms. The van der Waals surface area contributed by atoms with Gasteiger partial charge in [0.15, 0.2) is 5.76 Å². The quantitative estimate of drug-likeness (QED) is 0.532. The first-order valence-electron chi connectivity index (χ1n) is 9.03. The summed E-state index contributed by atoms with van der Waals surface area (Å²) in [6.07, 6.45) is 1.72. The number of rotatable bonds is 9. The molecule has 0 fully saturated rings. The molecule has 0 aliphatic rings. The summed E-state index contributed by atoms with van der Waals surface area (Å²) in [5, 5.41) is 7.07. The highest BCUT2D eigenvalue weighted by Crippen LogP contribution is 2.20. The van der Waals surface area contributed by atoms with Crippen molar-refractivity contribution in [3.05, 3.63) is 64.3 Å². The van der Waals surface area contributed by atoms with Crippen LogP contribution in [0.1, 0.15) is 35.9 Å². The number of nitrogens with zero attached hydrogens (tertiary/aromatic N) is 2. The van der Waals surface area contributed by atoms with E-state index in [9.17, 15) is 4.79 Å². The monoisotopic (exact) mass is 447 g/mol. The van der Waals surface area contributed by atoms with Crippen LogP contribution >= 0.6 is 15.9 Å². The number of amides is 1. The second-order valence-corrected chi connectivity index (χ2v) is 6.75. The highest BCUT2D eigenvalue weighted by Gasteiger charge is 2.14. The molecule has 0 aliphatic carbocycles. The summed E-state index contributed by atoms with van der Waals surface area (Å²) in [4.78, 5) is 12.3. The zero-order valence-electron chi connectivity index (χ0n) is 15.8. The Morgan fingerprint density at radius 1 is 1.14 bits per heavy atom. The molecule has 3 rings (SSSR count). The van der Waals surface area contributed by atoms with Crippen LogP contribution in [0.25, 0.3) is 0 Å². The zero-order chi connectivity index (χ0) is 19.9. The van der Waals surface area contributed by atoms with Crippen molar-refractivity contribution in [2.24, 2.45) is 0 Å². The van der Waals surface area contributed by atoms with Crippen molar-refractivity contribution < 1.29 is 18.7 Å². The van der Waals surface area contributed by atoms with E-state index in [2.05, 4.69) is 26.3 Å². The number of benzene rings is 1. The fraction of sp³-hybridized carbons (Fsp3) is 0.300. The van der Waals surface area contributed by atoms with Crippen molar-refractivity contribution in [3.63, 3.8) is 0 Å². The van der Waals surface area contributed by atoms with Crippen molar-refractivity contribution in [3.8, 4) is 11.5 Å². The summed E-state index contributed by atoms with van der Waals surface area (Å²) in [5.74, 6) is 2.01. The van der Waals surface area contributed by atoms with Gasteiger partial charge in [-0.3, -0.25) is 9.48 Å². The lowest BCUT2D eigenvalue weighted by Gasteiger charge is -2.07. The first-order chi connectivity index (χ1) is 13.6. The standard InChI is InChI=1S/C20H22BrN3O4/c1-3-24-18(17(21)11-23-24)12-22-20(25)19-10-9-16(28-19)13-27-15-7-5-14(6-8-15)26-4-2/h5-11H,3-4,12-13H2,1-2H3,(H,22,25). The normalized spacial score (nSPS) is 10.7. The molecule has 2 heterocycles. The van der Waals surface area contributed by atoms with Crippen molar-refractivity contribution in [2.45, 2.75) is 33.5 Å². The van der Waals surface area contributed by atoms with E-state index in [1.54, 1.807) is 18.3 Å². The third-order valence-electron chi connectivity index (χ3n) is 4.01. The number of furan rings is 1. The van der Waals surface area contributed by atoms with Gasteiger partial charge in [0.25, 0.3) is 5.91 Å². The molecule has 1 amide bonds. The summed E-state index contributed by atoms with van der Waals surface area (Å²) in [6, 6.07) is 10.7. The number of halogens is 1. The fourth-order valence-corrected chi connectivity index (χ4v) is 3.05. The Balaban J connectivity index is 1.53. The molecular formula is C20H22BrN3O4. The van der Waals surface area contributed by atoms with Crippen molar-refractivity contribution in [1.82, 2.24) is 15.1 Å². The van der Waals surface area contributed by atoms with E-state index < -0.39 is 0 Å². The summed E-state index contributed by atoms with van der Waals surface area (Å²) in [5.41, 5.74) is 0.904. The lowest BCUT2D eigenvalue weighted by Crippen LogP contribution is -2.24. The minimum atomic E-state index is -0.289. The molecular weight excluding hydrogens is 426 g/mol. The van der Waals surface area contributed by atoms with Gasteiger partial charge in [0.1, 0.15) is 23.9 Å². The predicted molar refractivity (Wildman–Crippen MR) is 107 cm³/mol. The SMILES string of the molecule is CCOc1ccc(OCc2ccc(C(=O)NCc3c(Br)cnn3CC)o2)cc1. The Morgan fingerprint density at radius 3 is 2.54 bits per heavy atom. The lowest BCUT2D eigenvalue weighted by atomic mass is 10.3. The molecule has 0 unspecified atom stereocenters. The van der Waals surface area contributed by atoms with Crippen LogP contribution in [0, 0.1) is 0 Å². The van der Waals surface area contributed by atoms with E-state index in [0.717, 1.165) is 22.5 Å². The molecule has 0 bridgehead atoms. The zero-order valence-corrected chi connectivity index (χ0v) is 17.4. The van der Waals surface area contributed by atoms with Crippen LogP contribution in [0.4, 0.5) is 0 Å². The molecule has 8 heteroatoms. The van der Waals surface area contributed by atoms with Gasteiger partial charge in [-0.2, -0.15) is 5.10 Å². The second kappa shape index (κ2) is 9.45. The van der Waals surface area contributed by atoms with Gasteiger partial charge < -0.3 is 19.2 Å². The molecule has 0 saturated carbocycles. The van der Waals surface area contributed by atoms with Crippen LogP contribution in [0.5, 0.6) is 11.5 Å². The first-order valence-corrected chi connectivity index (χ1v) is 9.82. The van der Waals surface area contributed by atoms with Gasteiger partial charge >= 0.3 is 0 Å². The number of aryl methyl sites for hydroxylation is 1. The molecule has 0 spiro atoms. The molecule has 0 atom stereocenters. The molecule has 7 nitrogen and oxygen atoms in total. The Hall–Kier alpha value is -2.74. The molecule has 1 N–H and O–H groups in total. The van der Waals surface area contributed by atoms with Gasteiger partial charge in [0, 0.05) is 6.54 Å². The average Bonchev–Trinajstić information content (AvgIpc) is 3.32. The van der Waals surface area contributed by atoms with Gasteiger partial charge in [0.2, 0.25) is 0 Å². The van der Waals surface area contributed by atoms with Crippen LogP contribution in [-0.4, -0.2) is 22.3 Å². The van der Waals surface area contributed by atoms with E-state index in [4.69, 9.17) is 13.9 Å². The highest BCUT2D eigenvalue weighted by atomic mass is 79.9. The van der Waals surface area contributed by atoms with Gasteiger partial charge in [-0.15, -0.1) is 0 Å². The number of hydrogen-bond acceptors (Lipinski definition) is 5. The molecule has 3 aromatic rings. The largest absolute Gasteiger partial charge is 0.494 e. The number of nitrogens with one attached hydrogen (secondary N) is 1. The van der Waals surface area contributed by atoms with Crippen molar-refractivity contribution >= 4 is 21.8 Å². The molecule has 2 aromatic heterocycles. The Morgan fingerprint density at radius 2 is 1.86 bits per heavy atom. The van der Waals surface area contributed by atoms with Crippen LogP contribution in [0.15, 0.2) is 51.5 Å². The smallest absolute Gasteiger partial charge is 0.287 e. The van der Waals surface area contributed by atoms with E-state index >= 15 is 0 Å². The fourth-order valence-electron chi connectivity index (χ4n) is 2.62. The Labute approximate surface area is 171 Å². The Kier molecular flexibility index (Phi) is 6.76. The number of hydrogen-bond donors (Lipinski definition) is 1. The Bertz CT molecular complexity index is 918. The predicted octanol–water partition coefficient (Wildman–Crippen LogP) is 4.17. The summed E-state index contributed by atoms with van der Waals surface area (Å²) in [7, 11) is 0. The molecule has 0 aliphatic heterocycles. The maximum atomic E-state index is 12.3. The molecule has 0 saturated heterocycles. The van der Waals surface area contributed by atoms with E-state index in [1.807, 2.05) is 42.8 Å². The van der Waals surface area contributed by atoms with Gasteiger partial charge in [0.05, 0.1) is 29.5 Å². The maximum Gasteiger partial charge on any atom is 0.287 e. The minimum absolute atomic E-state index is 0.232. The van der Waals surface area contributed by atoms with Crippen LogP contribution in [0.3, 0.4) is 0 Å². The summed E-state index contributed by atoms with van der Waals surface area (Å²) >= 11 is 3.44. The summed E-state index contributed by atoms with van der Waals surface area (Å²) in [6.45, 7) is 5.86. The van der Waals surface area contributed by atoms with Gasteiger partial charge in [-0.1, -0.05) is 0 Å². The first kappa shape index (κ1) is 20.0. The molecule has 148 valence electrons. The third-order valence-corrected chi connectivity index (χ3v) is 4.68. The van der Waals surface area contributed by atoms with Gasteiger partial charge in [-0.25, -0.2) is 0 Å². The third kappa shape index (κ3) is 4.95. The van der Waals surface area contributed by atoms with E-state index in [-0.39, 0.29) is 18.3 Å². The lowest BCUT2D eigenvalue weighted by molar-refractivity contribution is 0.0918. The topological polar surface area (TPSA) is 78.5 Å². The van der Waals surface area contributed by atoms with Gasteiger partial charge in [-0.05, 0) is 66.2 Å². The second-order valence-electron chi connectivity index (χ2n) is 5.90. The van der Waals surface area contributed by atoms with E-state index in [0.29, 0.717) is 24.7 Å². The van der Waals surface area contributed by atoms with Crippen molar-refractivity contribution in [2.75, 3.05) is 6.61 Å². The number of aromatic nitrogens is 2. The average molecular weight is 448 g/mol. The molecule has 1 aromatic carbocycles. The summed E-state index contributed by atoms with van der Waals surface area (Å²) < 4.78 is 19.4. The number of carbonyl (C=O) groups excluding carboxylic acids is 1. The number of ether oxygens (including phenoxy) is 2. The maximum absolute atomic E-state index is 12.3. The van der Waals surface area contributed by atoms with Crippen LogP contribution in [0.2, 0.25) is 0 Å². The van der Waals surface area contributed by atoms with Crippen LogP contribution in [-0.2, 0) is 19.7 Å². The molecule has 0 radical (unpaired) electrons. The minimum Gasteiger partial charge on any atom is -0.494 e. The van der Waals surface area contributed by atoms with Crippen LogP contribution < -0.4 is 14.8 Å². The van der Waals surface area contributed by atoms with E-state index in [1.165, 1.54) is 0 Å².